The molecule has 0 spiro atoms. The summed E-state index contributed by atoms with van der Waals surface area (Å²) >= 11 is 0. The number of rotatable bonds is 2. The van der Waals surface area contributed by atoms with E-state index < -0.39 is 0 Å². The largest absolute Gasteiger partial charge is 0.339 e. The van der Waals surface area contributed by atoms with Crippen LogP contribution in [0, 0.1) is 6.07 Å². The van der Waals surface area contributed by atoms with Crippen molar-refractivity contribution in [2.45, 2.75) is 18.9 Å². The molecule has 0 saturated carbocycles. The zero-order chi connectivity index (χ0) is 11.4. The molecule has 3 nitrogen and oxygen atoms in total. The van der Waals surface area contributed by atoms with Gasteiger partial charge in [0.1, 0.15) is 0 Å². The molecule has 0 atom stereocenters. The van der Waals surface area contributed by atoms with E-state index in [9.17, 15) is 4.79 Å². The van der Waals surface area contributed by atoms with Crippen LogP contribution >= 0.6 is 0 Å². The molecule has 1 aliphatic rings. The highest BCUT2D eigenvalue weighted by atomic mass is 16.2. The predicted molar refractivity (Wildman–Crippen MR) is 63.3 cm³/mol. The van der Waals surface area contributed by atoms with Crippen LogP contribution in [-0.4, -0.2) is 37.0 Å². The second kappa shape index (κ2) is 5.12. The van der Waals surface area contributed by atoms with Crippen molar-refractivity contribution in [1.29, 1.82) is 0 Å². The lowest BCUT2D eigenvalue weighted by molar-refractivity contribution is 0.0703. The van der Waals surface area contributed by atoms with Crippen molar-refractivity contribution < 1.29 is 4.79 Å². The molecule has 1 aromatic rings. The van der Waals surface area contributed by atoms with Gasteiger partial charge in [-0.2, -0.15) is 0 Å². The summed E-state index contributed by atoms with van der Waals surface area (Å²) in [6.45, 7) is 2.01. The number of hydrogen-bond donors (Lipinski definition) is 1. The summed E-state index contributed by atoms with van der Waals surface area (Å²) in [6, 6.07) is 10.5. The first-order valence-electron chi connectivity index (χ1n) is 5.73. The lowest BCUT2D eigenvalue weighted by atomic mass is 10.0. The molecule has 2 rings (SSSR count). The maximum atomic E-state index is 12.1. The first kappa shape index (κ1) is 11.1. The Morgan fingerprint density at radius 3 is 2.62 bits per heavy atom. The Morgan fingerprint density at radius 1 is 1.38 bits per heavy atom. The fourth-order valence-electron chi connectivity index (χ4n) is 2.09. The average Bonchev–Trinajstić information content (AvgIpc) is 2.39. The van der Waals surface area contributed by atoms with Gasteiger partial charge in [0.15, 0.2) is 0 Å². The average molecular weight is 217 g/mol. The summed E-state index contributed by atoms with van der Waals surface area (Å²) in [7, 11) is 1.90. The molecule has 0 aromatic heterocycles. The van der Waals surface area contributed by atoms with Gasteiger partial charge in [0.05, 0.1) is 0 Å². The van der Waals surface area contributed by atoms with Gasteiger partial charge < -0.3 is 10.2 Å². The molecule has 1 heterocycles. The van der Waals surface area contributed by atoms with Crippen LogP contribution in [0.15, 0.2) is 24.3 Å². The number of hydrogen-bond acceptors (Lipinski definition) is 2. The van der Waals surface area contributed by atoms with Crippen LogP contribution in [-0.2, 0) is 0 Å². The number of nitrogens with zero attached hydrogens (tertiary/aromatic N) is 1. The third-order valence-electron chi connectivity index (χ3n) is 3.14. The number of amides is 1. The van der Waals surface area contributed by atoms with Crippen LogP contribution < -0.4 is 5.32 Å². The third kappa shape index (κ3) is 2.42. The molecule has 1 aromatic carbocycles. The third-order valence-corrected chi connectivity index (χ3v) is 3.14. The van der Waals surface area contributed by atoms with Crippen LogP contribution in [0.5, 0.6) is 0 Å². The summed E-state index contributed by atoms with van der Waals surface area (Å²) in [4.78, 5) is 14.0. The minimum absolute atomic E-state index is 0.112. The van der Waals surface area contributed by atoms with Gasteiger partial charge in [0.25, 0.3) is 5.91 Å². The van der Waals surface area contributed by atoms with Crippen molar-refractivity contribution >= 4 is 5.91 Å². The van der Waals surface area contributed by atoms with Gasteiger partial charge in [0.2, 0.25) is 0 Å². The molecule has 85 valence electrons. The van der Waals surface area contributed by atoms with Gasteiger partial charge in [-0.05, 0) is 44.1 Å². The highest BCUT2D eigenvalue weighted by Crippen LogP contribution is 2.13. The van der Waals surface area contributed by atoms with E-state index >= 15 is 0 Å². The van der Waals surface area contributed by atoms with Crippen molar-refractivity contribution in [3.8, 4) is 0 Å². The number of nitrogens with one attached hydrogen (secondary N) is 1. The number of carbonyl (C=O) groups is 1. The normalized spacial score (nSPS) is 17.1. The Kier molecular flexibility index (Phi) is 3.57. The maximum Gasteiger partial charge on any atom is 0.253 e. The standard InChI is InChI=1S/C13H17N2O/c1-15(12-7-9-14-10-8-12)13(16)11-5-3-2-4-6-11/h3-6,12,14H,7-10H2,1H3. The molecule has 1 radical (unpaired) electrons. The second-order valence-electron chi connectivity index (χ2n) is 4.19. The van der Waals surface area contributed by atoms with Crippen LogP contribution in [0.25, 0.3) is 0 Å². The fraction of sp³-hybridized carbons (Fsp3) is 0.462. The van der Waals surface area contributed by atoms with E-state index in [4.69, 9.17) is 0 Å². The SMILES string of the molecule is CN(C(=O)c1cc[c]cc1)C1CCNCC1. The number of benzene rings is 1. The topological polar surface area (TPSA) is 32.3 Å². The smallest absolute Gasteiger partial charge is 0.253 e. The quantitative estimate of drug-likeness (QED) is 0.810. The van der Waals surface area contributed by atoms with Gasteiger partial charge in [-0.15, -0.1) is 0 Å². The highest BCUT2D eigenvalue weighted by Gasteiger charge is 2.22. The Morgan fingerprint density at radius 2 is 2.00 bits per heavy atom. The van der Waals surface area contributed by atoms with Crippen molar-refractivity contribution in [2.75, 3.05) is 20.1 Å². The van der Waals surface area contributed by atoms with Crippen LogP contribution in [0.1, 0.15) is 23.2 Å². The van der Waals surface area contributed by atoms with Gasteiger partial charge in [-0.3, -0.25) is 4.79 Å². The zero-order valence-electron chi connectivity index (χ0n) is 9.57. The molecule has 1 amide bonds. The monoisotopic (exact) mass is 217 g/mol. The van der Waals surface area contributed by atoms with E-state index in [1.807, 2.05) is 24.1 Å². The minimum atomic E-state index is 0.112. The second-order valence-corrected chi connectivity index (χ2v) is 4.19. The molecule has 1 saturated heterocycles. The molecular formula is C13H17N2O. The van der Waals surface area contributed by atoms with Gasteiger partial charge in [-0.1, -0.05) is 12.1 Å². The molecule has 16 heavy (non-hydrogen) atoms. The lowest BCUT2D eigenvalue weighted by Crippen LogP contribution is -2.43. The van der Waals surface area contributed by atoms with E-state index in [-0.39, 0.29) is 5.91 Å². The Hall–Kier alpha value is -1.35. The van der Waals surface area contributed by atoms with Crippen molar-refractivity contribution in [3.63, 3.8) is 0 Å². The number of piperidine rings is 1. The van der Waals surface area contributed by atoms with E-state index in [1.54, 1.807) is 12.1 Å². The van der Waals surface area contributed by atoms with Crippen LogP contribution in [0.3, 0.4) is 0 Å². The van der Waals surface area contributed by atoms with E-state index in [2.05, 4.69) is 11.4 Å². The molecule has 1 aliphatic heterocycles. The molecule has 1 N–H and O–H groups in total. The van der Waals surface area contributed by atoms with E-state index in [0.717, 1.165) is 31.5 Å². The Labute approximate surface area is 96.5 Å². The van der Waals surface area contributed by atoms with Gasteiger partial charge in [0, 0.05) is 18.7 Å². The molecule has 0 unspecified atom stereocenters. The Bertz CT molecular complexity index is 344. The lowest BCUT2D eigenvalue weighted by Gasteiger charge is -2.31. The Balaban J connectivity index is 2.04. The fourth-order valence-corrected chi connectivity index (χ4v) is 2.09. The summed E-state index contributed by atoms with van der Waals surface area (Å²) < 4.78 is 0. The highest BCUT2D eigenvalue weighted by molar-refractivity contribution is 5.94. The summed E-state index contributed by atoms with van der Waals surface area (Å²) in [5.41, 5.74) is 0.750. The van der Waals surface area contributed by atoms with Crippen LogP contribution in [0.2, 0.25) is 0 Å². The number of carbonyl (C=O) groups excluding carboxylic acids is 1. The first-order chi connectivity index (χ1) is 7.79. The summed E-state index contributed by atoms with van der Waals surface area (Å²) in [5, 5.41) is 3.31. The maximum absolute atomic E-state index is 12.1. The van der Waals surface area contributed by atoms with Crippen molar-refractivity contribution in [2.24, 2.45) is 0 Å². The predicted octanol–water partition coefficient (Wildman–Crippen LogP) is 1.31. The van der Waals surface area contributed by atoms with Gasteiger partial charge >= 0.3 is 0 Å². The molecule has 1 fully saturated rings. The first-order valence-corrected chi connectivity index (χ1v) is 5.73. The molecule has 3 heteroatoms. The van der Waals surface area contributed by atoms with Crippen LogP contribution in [0.4, 0.5) is 0 Å². The zero-order valence-corrected chi connectivity index (χ0v) is 9.57. The molecule has 0 aliphatic carbocycles. The minimum Gasteiger partial charge on any atom is -0.339 e. The van der Waals surface area contributed by atoms with E-state index in [0.29, 0.717) is 6.04 Å². The van der Waals surface area contributed by atoms with E-state index in [1.165, 1.54) is 0 Å². The summed E-state index contributed by atoms with van der Waals surface area (Å²) in [5.74, 6) is 0.112. The van der Waals surface area contributed by atoms with Crippen molar-refractivity contribution in [3.05, 3.63) is 35.9 Å². The van der Waals surface area contributed by atoms with Crippen molar-refractivity contribution in [1.82, 2.24) is 10.2 Å². The molecular weight excluding hydrogens is 200 g/mol. The van der Waals surface area contributed by atoms with Gasteiger partial charge in [-0.25, -0.2) is 0 Å². The summed E-state index contributed by atoms with van der Waals surface area (Å²) in [6.07, 6.45) is 2.09. The molecule has 0 bridgehead atoms.